The molecule has 0 radical (unpaired) electrons. The summed E-state index contributed by atoms with van der Waals surface area (Å²) in [6.45, 7) is 1.84. The fraction of sp³-hybridized carbons (Fsp3) is 0.208. The van der Waals surface area contributed by atoms with Crippen molar-refractivity contribution in [1.29, 1.82) is 0 Å². The first-order valence-electron chi connectivity index (χ1n) is 9.71. The second-order valence-electron chi connectivity index (χ2n) is 8.14. The van der Waals surface area contributed by atoms with E-state index in [-0.39, 0.29) is 11.5 Å². The van der Waals surface area contributed by atoms with Gasteiger partial charge in [-0.15, -0.1) is 0 Å². The van der Waals surface area contributed by atoms with E-state index >= 15 is 0 Å². The fourth-order valence-corrected chi connectivity index (χ4v) is 3.98. The lowest BCUT2D eigenvalue weighted by Crippen LogP contribution is -2.15. The highest BCUT2D eigenvalue weighted by Gasteiger charge is 2.28. The van der Waals surface area contributed by atoms with E-state index in [0.29, 0.717) is 17.0 Å². The molecule has 31 heavy (non-hydrogen) atoms. The topological polar surface area (TPSA) is 73.3 Å². The molecule has 0 bridgehead atoms. The lowest BCUT2D eigenvalue weighted by molar-refractivity contribution is 0.0994. The summed E-state index contributed by atoms with van der Waals surface area (Å²) in [6, 6.07) is 11.8. The molecule has 0 saturated carbocycles. The normalized spacial score (nSPS) is 15.6. The van der Waals surface area contributed by atoms with E-state index in [4.69, 9.17) is 10.7 Å². The van der Waals surface area contributed by atoms with Gasteiger partial charge < -0.3 is 5.73 Å². The van der Waals surface area contributed by atoms with E-state index in [1.807, 2.05) is 29.7 Å². The number of amides is 1. The number of hydrogen-bond donors (Lipinski definition) is 1. The zero-order valence-electron chi connectivity index (χ0n) is 17.8. The predicted molar refractivity (Wildman–Crippen MR) is 125 cm³/mol. The van der Waals surface area contributed by atoms with E-state index < -0.39 is 22.0 Å². The Kier molecular flexibility index (Phi) is 5.19. The SMILES string of the molecule is C[C@@H]1N=C(c2ccccc2F)c2cc(C#CS(C)(C)C)ccc2-n2cnc(C(N)=O)c21. The molecular formula is C24H23FN4OS. The van der Waals surface area contributed by atoms with Gasteiger partial charge in [0.15, 0.2) is 5.69 Å². The first-order chi connectivity index (χ1) is 14.7. The van der Waals surface area contributed by atoms with Gasteiger partial charge in [0.2, 0.25) is 0 Å². The Balaban J connectivity index is 2.02. The van der Waals surface area contributed by atoms with Crippen LogP contribution in [0.5, 0.6) is 0 Å². The zero-order chi connectivity index (χ0) is 22.3. The molecule has 2 heterocycles. The Hall–Kier alpha value is -3.37. The number of benzene rings is 2. The van der Waals surface area contributed by atoms with Crippen molar-refractivity contribution in [2.45, 2.75) is 13.0 Å². The lowest BCUT2D eigenvalue weighted by Gasteiger charge is -2.15. The molecule has 158 valence electrons. The number of imidazole rings is 1. The Morgan fingerprint density at radius 2 is 1.90 bits per heavy atom. The number of rotatable bonds is 2. The van der Waals surface area contributed by atoms with E-state index in [1.165, 1.54) is 6.07 Å². The van der Waals surface area contributed by atoms with E-state index in [9.17, 15) is 9.18 Å². The number of nitrogens with two attached hydrogens (primary N) is 1. The second kappa shape index (κ2) is 7.71. The summed E-state index contributed by atoms with van der Waals surface area (Å²) in [6.07, 6.45) is 7.94. The van der Waals surface area contributed by atoms with Crippen LogP contribution in [0.1, 0.15) is 45.8 Å². The summed E-state index contributed by atoms with van der Waals surface area (Å²) >= 11 is 0. The molecule has 0 spiro atoms. The average Bonchev–Trinajstić information content (AvgIpc) is 3.11. The van der Waals surface area contributed by atoms with Crippen molar-refractivity contribution in [2.75, 3.05) is 18.8 Å². The van der Waals surface area contributed by atoms with Crippen molar-refractivity contribution in [3.05, 3.63) is 82.7 Å². The monoisotopic (exact) mass is 434 g/mol. The van der Waals surface area contributed by atoms with Crippen molar-refractivity contribution in [1.82, 2.24) is 9.55 Å². The van der Waals surface area contributed by atoms with Crippen LogP contribution in [0.2, 0.25) is 0 Å². The molecule has 4 rings (SSSR count). The van der Waals surface area contributed by atoms with Crippen molar-refractivity contribution in [3.63, 3.8) is 0 Å². The summed E-state index contributed by atoms with van der Waals surface area (Å²) < 4.78 is 16.6. The highest BCUT2D eigenvalue weighted by molar-refractivity contribution is 8.35. The van der Waals surface area contributed by atoms with Crippen LogP contribution in [0, 0.1) is 17.0 Å². The number of carbonyl (C=O) groups excluding carboxylic acids is 1. The Bertz CT molecular complexity index is 1290. The van der Waals surface area contributed by atoms with Gasteiger partial charge in [-0.25, -0.2) is 9.37 Å². The number of aromatic nitrogens is 2. The molecule has 2 N–H and O–H groups in total. The van der Waals surface area contributed by atoms with Crippen LogP contribution in [0.3, 0.4) is 0 Å². The van der Waals surface area contributed by atoms with Crippen molar-refractivity contribution in [3.8, 4) is 16.9 Å². The third-order valence-corrected chi connectivity index (χ3v) is 5.61. The quantitative estimate of drug-likeness (QED) is 0.619. The van der Waals surface area contributed by atoms with Gasteiger partial charge in [-0.1, -0.05) is 18.1 Å². The molecule has 0 fully saturated rings. The molecule has 5 nitrogen and oxygen atoms in total. The summed E-state index contributed by atoms with van der Waals surface area (Å²) in [7, 11) is -1.00. The maximum Gasteiger partial charge on any atom is 0.269 e. The molecule has 1 aliphatic heterocycles. The molecule has 2 aromatic carbocycles. The predicted octanol–water partition coefficient (Wildman–Crippen LogP) is 4.03. The van der Waals surface area contributed by atoms with E-state index in [1.54, 1.807) is 24.5 Å². The second-order valence-corrected chi connectivity index (χ2v) is 12.0. The fourth-order valence-electron chi connectivity index (χ4n) is 3.56. The van der Waals surface area contributed by atoms with Crippen LogP contribution in [-0.2, 0) is 0 Å². The van der Waals surface area contributed by atoms with Gasteiger partial charge in [0.05, 0.1) is 23.1 Å². The van der Waals surface area contributed by atoms with Gasteiger partial charge in [-0.05, 0) is 61.3 Å². The number of halogens is 1. The molecule has 1 aliphatic rings. The Morgan fingerprint density at radius 1 is 1.16 bits per heavy atom. The minimum atomic E-state index is -1.00. The largest absolute Gasteiger partial charge is 0.364 e. The smallest absolute Gasteiger partial charge is 0.269 e. The van der Waals surface area contributed by atoms with Crippen molar-refractivity contribution >= 4 is 21.6 Å². The minimum absolute atomic E-state index is 0.164. The number of carbonyl (C=O) groups is 1. The minimum Gasteiger partial charge on any atom is -0.364 e. The Morgan fingerprint density at radius 3 is 2.58 bits per heavy atom. The van der Waals surface area contributed by atoms with Crippen molar-refractivity contribution < 1.29 is 9.18 Å². The molecule has 1 aromatic heterocycles. The lowest BCUT2D eigenvalue weighted by atomic mass is 9.98. The number of aliphatic imine (C=N–C) groups is 1. The van der Waals surface area contributed by atoms with Crippen molar-refractivity contribution in [2.24, 2.45) is 10.7 Å². The first-order valence-corrected chi connectivity index (χ1v) is 12.6. The number of hydrogen-bond acceptors (Lipinski definition) is 3. The van der Waals surface area contributed by atoms with Gasteiger partial charge in [-0.3, -0.25) is 14.4 Å². The highest BCUT2D eigenvalue weighted by Crippen LogP contribution is 2.34. The summed E-state index contributed by atoms with van der Waals surface area (Å²) in [5.74, 6) is 2.25. The van der Waals surface area contributed by atoms with E-state index in [0.717, 1.165) is 16.8 Å². The van der Waals surface area contributed by atoms with Crippen LogP contribution in [-0.4, -0.2) is 39.9 Å². The standard InChI is InChI=1S/C24H23FN4OS/c1-15-23-22(24(26)30)27-14-29(23)20-10-9-16(11-12-31(2,3)4)13-18(20)21(28-15)17-7-5-6-8-19(17)25/h5-10,13-15H,1-4H3,(H2,26,30)/t15-/m0/s1. The van der Waals surface area contributed by atoms with Crippen LogP contribution >= 0.6 is 10.0 Å². The highest BCUT2D eigenvalue weighted by atomic mass is 32.3. The van der Waals surface area contributed by atoms with Gasteiger partial charge >= 0.3 is 0 Å². The zero-order valence-corrected chi connectivity index (χ0v) is 18.6. The number of nitrogens with zero attached hydrogens (tertiary/aromatic N) is 3. The molecular weight excluding hydrogens is 411 g/mol. The van der Waals surface area contributed by atoms with Crippen LogP contribution < -0.4 is 5.73 Å². The van der Waals surface area contributed by atoms with Gasteiger partial charge in [0, 0.05) is 16.7 Å². The molecule has 3 aromatic rings. The van der Waals surface area contributed by atoms with Crippen LogP contribution in [0.25, 0.3) is 5.69 Å². The third-order valence-electron chi connectivity index (χ3n) is 4.90. The maximum absolute atomic E-state index is 14.8. The summed E-state index contributed by atoms with van der Waals surface area (Å²) in [5, 5.41) is 3.31. The van der Waals surface area contributed by atoms with Crippen LogP contribution in [0.4, 0.5) is 4.39 Å². The maximum atomic E-state index is 14.8. The van der Waals surface area contributed by atoms with Gasteiger partial charge in [-0.2, -0.15) is 10.0 Å². The molecule has 0 aliphatic carbocycles. The summed E-state index contributed by atoms with van der Waals surface area (Å²) in [4.78, 5) is 21.0. The van der Waals surface area contributed by atoms with Gasteiger partial charge in [0.1, 0.15) is 12.1 Å². The average molecular weight is 435 g/mol. The first kappa shape index (κ1) is 20.9. The molecule has 1 amide bonds. The van der Waals surface area contributed by atoms with Gasteiger partial charge in [0.25, 0.3) is 5.91 Å². The summed E-state index contributed by atoms with van der Waals surface area (Å²) in [5.41, 5.74) is 9.48. The molecule has 0 unspecified atom stereocenters. The molecule has 0 saturated heterocycles. The van der Waals surface area contributed by atoms with E-state index in [2.05, 4.69) is 34.9 Å². The van der Waals surface area contributed by atoms with Crippen LogP contribution in [0.15, 0.2) is 53.8 Å². The Labute approximate surface area is 182 Å². The number of primary amides is 1. The number of fused-ring (bicyclic) bond motifs is 3. The molecule has 7 heteroatoms. The molecule has 1 atom stereocenters. The third kappa shape index (κ3) is 3.99.